The van der Waals surface area contributed by atoms with E-state index in [1.54, 1.807) is 6.07 Å². The zero-order valence-corrected chi connectivity index (χ0v) is 10.6. The number of benzene rings is 2. The van der Waals surface area contributed by atoms with Gasteiger partial charge in [-0.2, -0.15) is 5.26 Å². The van der Waals surface area contributed by atoms with E-state index in [-0.39, 0.29) is 24.5 Å². The topological polar surface area (TPSA) is 59.0 Å². The Balaban J connectivity index is 2.13. The van der Waals surface area contributed by atoms with E-state index in [0.717, 1.165) is 6.07 Å². The van der Waals surface area contributed by atoms with Gasteiger partial charge in [0.15, 0.2) is 0 Å². The van der Waals surface area contributed by atoms with Crippen LogP contribution in [-0.4, -0.2) is 0 Å². The minimum atomic E-state index is -0.528. The van der Waals surface area contributed by atoms with Gasteiger partial charge in [0.1, 0.15) is 24.0 Å². The fourth-order valence-electron chi connectivity index (χ4n) is 1.72. The monoisotopic (exact) mass is 274 g/mol. The van der Waals surface area contributed by atoms with Gasteiger partial charge in [-0.1, -0.05) is 6.07 Å². The summed E-state index contributed by atoms with van der Waals surface area (Å²) in [5.74, 6) is -0.697. The van der Waals surface area contributed by atoms with Crippen LogP contribution >= 0.6 is 0 Å². The van der Waals surface area contributed by atoms with E-state index in [1.165, 1.54) is 24.3 Å². The number of rotatable bonds is 4. The second kappa shape index (κ2) is 6.13. The first-order valence-electron chi connectivity index (χ1n) is 5.93. The predicted octanol–water partition coefficient (Wildman–Crippen LogP) is 2.87. The summed E-state index contributed by atoms with van der Waals surface area (Å²) in [6.45, 7) is 0.143. The molecule has 0 aliphatic rings. The van der Waals surface area contributed by atoms with Gasteiger partial charge in [0.2, 0.25) is 0 Å². The largest absolute Gasteiger partial charge is 0.489 e. The molecule has 20 heavy (non-hydrogen) atoms. The van der Waals surface area contributed by atoms with Crippen molar-refractivity contribution >= 4 is 0 Å². The van der Waals surface area contributed by atoms with E-state index in [9.17, 15) is 8.78 Å². The summed E-state index contributed by atoms with van der Waals surface area (Å²) in [6, 6.07) is 10.1. The molecule has 2 rings (SSSR count). The third-order valence-electron chi connectivity index (χ3n) is 2.74. The molecule has 0 atom stereocenters. The molecule has 0 heterocycles. The Bertz CT molecular complexity index is 665. The Kier molecular flexibility index (Phi) is 4.28. The van der Waals surface area contributed by atoms with Crippen molar-refractivity contribution in [1.82, 2.24) is 0 Å². The lowest BCUT2D eigenvalue weighted by Crippen LogP contribution is -2.01. The zero-order valence-electron chi connectivity index (χ0n) is 10.6. The fourth-order valence-corrected chi connectivity index (χ4v) is 1.72. The van der Waals surface area contributed by atoms with Crippen LogP contribution in [0.2, 0.25) is 0 Å². The lowest BCUT2D eigenvalue weighted by Gasteiger charge is -2.09. The van der Waals surface area contributed by atoms with Crippen LogP contribution in [0.1, 0.15) is 16.7 Å². The maximum absolute atomic E-state index is 13.6. The normalized spacial score (nSPS) is 10.1. The summed E-state index contributed by atoms with van der Waals surface area (Å²) in [7, 11) is 0. The zero-order chi connectivity index (χ0) is 14.5. The molecule has 2 aromatic carbocycles. The van der Waals surface area contributed by atoms with Gasteiger partial charge in [-0.05, 0) is 29.8 Å². The van der Waals surface area contributed by atoms with Crippen molar-refractivity contribution in [2.24, 2.45) is 5.73 Å². The summed E-state index contributed by atoms with van der Waals surface area (Å²) in [4.78, 5) is 0. The van der Waals surface area contributed by atoms with E-state index in [2.05, 4.69) is 0 Å². The quantitative estimate of drug-likeness (QED) is 0.932. The predicted molar refractivity (Wildman–Crippen MR) is 69.7 cm³/mol. The van der Waals surface area contributed by atoms with Gasteiger partial charge in [-0.3, -0.25) is 0 Å². The highest BCUT2D eigenvalue weighted by Gasteiger charge is 2.06. The standard InChI is InChI=1S/C15H12F2N2O/c16-13-3-11(8-19)4-14(6-13)20-9-12-2-1-10(7-18)5-15(12)17/h1-6H,8-9,19H2. The molecule has 102 valence electrons. The Hall–Kier alpha value is -2.45. The molecule has 0 amide bonds. The van der Waals surface area contributed by atoms with Crippen molar-refractivity contribution in [3.63, 3.8) is 0 Å². The summed E-state index contributed by atoms with van der Waals surface area (Å²) < 4.78 is 32.3. The van der Waals surface area contributed by atoms with Gasteiger partial charge in [-0.25, -0.2) is 8.78 Å². The minimum Gasteiger partial charge on any atom is -0.489 e. The van der Waals surface area contributed by atoms with E-state index in [4.69, 9.17) is 15.7 Å². The first kappa shape index (κ1) is 14.0. The maximum atomic E-state index is 13.6. The van der Waals surface area contributed by atoms with Crippen LogP contribution in [0.15, 0.2) is 36.4 Å². The number of hydrogen-bond donors (Lipinski definition) is 1. The van der Waals surface area contributed by atoms with Crippen molar-refractivity contribution < 1.29 is 13.5 Å². The number of ether oxygens (including phenoxy) is 1. The Morgan fingerprint density at radius 1 is 1.15 bits per heavy atom. The smallest absolute Gasteiger partial charge is 0.131 e. The fraction of sp³-hybridized carbons (Fsp3) is 0.133. The first-order valence-corrected chi connectivity index (χ1v) is 5.93. The summed E-state index contributed by atoms with van der Waals surface area (Å²) >= 11 is 0. The molecule has 0 saturated heterocycles. The second-order valence-corrected chi connectivity index (χ2v) is 4.21. The van der Waals surface area contributed by atoms with Crippen molar-refractivity contribution in [3.8, 4) is 11.8 Å². The molecule has 0 aliphatic carbocycles. The first-order chi connectivity index (χ1) is 9.62. The maximum Gasteiger partial charge on any atom is 0.131 e. The average Bonchev–Trinajstić information content (AvgIpc) is 2.45. The van der Waals surface area contributed by atoms with E-state index < -0.39 is 11.6 Å². The van der Waals surface area contributed by atoms with Crippen LogP contribution in [0, 0.1) is 23.0 Å². The molecule has 5 heteroatoms. The molecule has 0 unspecified atom stereocenters. The van der Waals surface area contributed by atoms with Crippen molar-refractivity contribution in [2.45, 2.75) is 13.2 Å². The van der Waals surface area contributed by atoms with E-state index >= 15 is 0 Å². The van der Waals surface area contributed by atoms with Crippen LogP contribution < -0.4 is 10.5 Å². The molecule has 0 spiro atoms. The number of nitriles is 1. The third-order valence-corrected chi connectivity index (χ3v) is 2.74. The van der Waals surface area contributed by atoms with Crippen LogP contribution in [0.3, 0.4) is 0 Å². The second-order valence-electron chi connectivity index (χ2n) is 4.21. The molecule has 2 aromatic rings. The lowest BCUT2D eigenvalue weighted by molar-refractivity contribution is 0.298. The van der Waals surface area contributed by atoms with Gasteiger partial charge in [-0.15, -0.1) is 0 Å². The number of nitrogens with zero attached hydrogens (tertiary/aromatic N) is 1. The Labute approximate surface area is 115 Å². The van der Waals surface area contributed by atoms with E-state index in [0.29, 0.717) is 11.1 Å². The van der Waals surface area contributed by atoms with Crippen molar-refractivity contribution in [2.75, 3.05) is 0 Å². The molecule has 0 radical (unpaired) electrons. The number of nitrogens with two attached hydrogens (primary N) is 1. The van der Waals surface area contributed by atoms with Crippen LogP contribution in [0.4, 0.5) is 8.78 Å². The third kappa shape index (κ3) is 3.31. The summed E-state index contributed by atoms with van der Waals surface area (Å²) in [6.07, 6.45) is 0. The number of hydrogen-bond acceptors (Lipinski definition) is 3. The molecule has 3 nitrogen and oxygen atoms in total. The minimum absolute atomic E-state index is 0.0506. The van der Waals surface area contributed by atoms with Gasteiger partial charge >= 0.3 is 0 Å². The Morgan fingerprint density at radius 2 is 1.95 bits per heavy atom. The molecular formula is C15H12F2N2O. The van der Waals surface area contributed by atoms with E-state index in [1.807, 2.05) is 6.07 Å². The molecular weight excluding hydrogens is 262 g/mol. The number of halogens is 2. The highest BCUT2D eigenvalue weighted by atomic mass is 19.1. The summed E-state index contributed by atoms with van der Waals surface area (Å²) in [5.41, 5.74) is 6.57. The summed E-state index contributed by atoms with van der Waals surface area (Å²) in [5, 5.41) is 8.65. The van der Waals surface area contributed by atoms with Gasteiger partial charge in [0, 0.05) is 18.2 Å². The molecule has 2 N–H and O–H groups in total. The van der Waals surface area contributed by atoms with Crippen LogP contribution in [0.5, 0.6) is 5.75 Å². The van der Waals surface area contributed by atoms with Crippen LogP contribution in [0.25, 0.3) is 0 Å². The van der Waals surface area contributed by atoms with Gasteiger partial charge < -0.3 is 10.5 Å². The van der Waals surface area contributed by atoms with Crippen LogP contribution in [-0.2, 0) is 13.2 Å². The highest BCUT2D eigenvalue weighted by Crippen LogP contribution is 2.19. The van der Waals surface area contributed by atoms with Gasteiger partial charge in [0.05, 0.1) is 11.6 Å². The highest BCUT2D eigenvalue weighted by molar-refractivity contribution is 5.33. The van der Waals surface area contributed by atoms with Gasteiger partial charge in [0.25, 0.3) is 0 Å². The molecule has 0 aliphatic heterocycles. The Morgan fingerprint density at radius 3 is 2.60 bits per heavy atom. The lowest BCUT2D eigenvalue weighted by atomic mass is 10.1. The average molecular weight is 274 g/mol. The molecule has 0 bridgehead atoms. The molecule has 0 aromatic heterocycles. The van der Waals surface area contributed by atoms with Crippen molar-refractivity contribution in [3.05, 3.63) is 64.7 Å². The SMILES string of the molecule is N#Cc1ccc(COc2cc(F)cc(CN)c2)c(F)c1. The molecule has 0 saturated carbocycles. The molecule has 0 fully saturated rings. The van der Waals surface area contributed by atoms with Crippen molar-refractivity contribution in [1.29, 1.82) is 5.26 Å².